The van der Waals surface area contributed by atoms with E-state index >= 15 is 0 Å². The lowest BCUT2D eigenvalue weighted by Gasteiger charge is -2.20. The first-order valence-corrected chi connectivity index (χ1v) is 13.5. The highest BCUT2D eigenvalue weighted by atomic mass is 35.5. The second kappa shape index (κ2) is 16.4. The molecular weight excluding hydrogens is 420 g/mol. The van der Waals surface area contributed by atoms with Crippen LogP contribution in [0.4, 0.5) is 11.4 Å². The predicted octanol–water partition coefficient (Wildman–Crippen LogP) is 6.70. The molecule has 7 heteroatoms. The molecule has 0 radical (unpaired) electrons. The van der Waals surface area contributed by atoms with Gasteiger partial charge >= 0.3 is 0 Å². The van der Waals surface area contributed by atoms with Crippen molar-refractivity contribution >= 4 is 39.4 Å². The number of rotatable bonds is 19. The molecule has 1 unspecified atom stereocenters. The molecule has 1 aromatic rings. The minimum Gasteiger partial charge on any atom is -0.327 e. The number of nitrogens with one attached hydrogen (secondary N) is 2. The van der Waals surface area contributed by atoms with Gasteiger partial charge in [-0.3, -0.25) is 9.52 Å². The molecule has 0 fully saturated rings. The summed E-state index contributed by atoms with van der Waals surface area (Å²) < 4.78 is 28.8. The van der Waals surface area contributed by atoms with Crippen LogP contribution >= 0.6 is 11.6 Å². The van der Waals surface area contributed by atoms with Crippen LogP contribution in [0.5, 0.6) is 0 Å². The Morgan fingerprint density at radius 1 is 0.867 bits per heavy atom. The summed E-state index contributed by atoms with van der Waals surface area (Å²) in [6.45, 7) is 2.23. The average molecular weight is 459 g/mol. The highest BCUT2D eigenvalue weighted by molar-refractivity contribution is 7.93. The summed E-state index contributed by atoms with van der Waals surface area (Å²) >= 11 is 5.79. The van der Waals surface area contributed by atoms with Gasteiger partial charge in [-0.25, -0.2) is 8.42 Å². The van der Waals surface area contributed by atoms with E-state index in [4.69, 9.17) is 11.6 Å². The fraction of sp³-hybridized carbons (Fsp3) is 0.696. The standard InChI is InChI=1S/C23H39ClN2O3S/c1-2-3-4-5-6-7-8-9-10-15-21(16-13-14-19-24)30(28,29)26-23-18-12-11-17-22(23)25-20-27/h11-12,17-18,20-21,26H,2-10,13-16,19H2,1H3,(H,25,27). The monoisotopic (exact) mass is 458 g/mol. The van der Waals surface area contributed by atoms with Crippen molar-refractivity contribution in [1.82, 2.24) is 0 Å². The van der Waals surface area contributed by atoms with Gasteiger partial charge in [0.25, 0.3) is 0 Å². The van der Waals surface area contributed by atoms with Crippen molar-refractivity contribution in [2.45, 2.75) is 95.6 Å². The lowest BCUT2D eigenvalue weighted by Crippen LogP contribution is -2.28. The van der Waals surface area contributed by atoms with Crippen molar-refractivity contribution in [2.75, 3.05) is 15.9 Å². The molecule has 0 saturated carbocycles. The smallest absolute Gasteiger partial charge is 0.235 e. The highest BCUT2D eigenvalue weighted by Gasteiger charge is 2.25. The van der Waals surface area contributed by atoms with E-state index in [0.717, 1.165) is 25.7 Å². The van der Waals surface area contributed by atoms with Gasteiger partial charge in [-0.2, -0.15) is 0 Å². The maximum Gasteiger partial charge on any atom is 0.235 e. The molecule has 30 heavy (non-hydrogen) atoms. The number of unbranched alkanes of at least 4 members (excludes halogenated alkanes) is 9. The number of alkyl halides is 1. The van der Waals surface area contributed by atoms with E-state index < -0.39 is 15.3 Å². The molecule has 0 aliphatic heterocycles. The summed E-state index contributed by atoms with van der Waals surface area (Å²) in [5.74, 6) is 0.546. The number of para-hydroxylation sites is 2. The van der Waals surface area contributed by atoms with E-state index in [0.29, 0.717) is 36.5 Å². The Bertz CT molecular complexity index is 683. The first kappa shape index (κ1) is 26.8. The molecule has 2 N–H and O–H groups in total. The topological polar surface area (TPSA) is 75.3 Å². The molecule has 0 aromatic heterocycles. The molecule has 1 amide bonds. The van der Waals surface area contributed by atoms with E-state index in [-0.39, 0.29) is 0 Å². The third-order valence-electron chi connectivity index (χ3n) is 5.37. The molecule has 1 aromatic carbocycles. The molecule has 0 aliphatic rings. The molecule has 172 valence electrons. The summed E-state index contributed by atoms with van der Waals surface area (Å²) in [6, 6.07) is 6.84. The van der Waals surface area contributed by atoms with Crippen LogP contribution in [0.25, 0.3) is 0 Å². The zero-order chi connectivity index (χ0) is 22.1. The largest absolute Gasteiger partial charge is 0.327 e. The summed E-state index contributed by atoms with van der Waals surface area (Å²) in [7, 11) is -3.55. The number of hydrogen-bond acceptors (Lipinski definition) is 3. The van der Waals surface area contributed by atoms with Crippen molar-refractivity contribution in [2.24, 2.45) is 0 Å². The Morgan fingerprint density at radius 3 is 1.97 bits per heavy atom. The maximum absolute atomic E-state index is 13.1. The minimum absolute atomic E-state index is 0.402. The fourth-order valence-electron chi connectivity index (χ4n) is 3.60. The summed E-state index contributed by atoms with van der Waals surface area (Å²) in [4.78, 5) is 10.8. The Labute approximate surface area is 188 Å². The minimum atomic E-state index is -3.55. The Kier molecular flexibility index (Phi) is 14.7. The van der Waals surface area contributed by atoms with Crippen LogP contribution in [0.15, 0.2) is 24.3 Å². The van der Waals surface area contributed by atoms with E-state index in [2.05, 4.69) is 17.0 Å². The highest BCUT2D eigenvalue weighted by Crippen LogP contribution is 2.26. The van der Waals surface area contributed by atoms with Gasteiger partial charge in [0, 0.05) is 5.88 Å². The zero-order valence-electron chi connectivity index (χ0n) is 18.4. The molecule has 5 nitrogen and oxygen atoms in total. The normalized spacial score (nSPS) is 12.5. The van der Waals surface area contributed by atoms with Gasteiger partial charge in [0.2, 0.25) is 16.4 Å². The fourth-order valence-corrected chi connectivity index (χ4v) is 5.40. The molecule has 0 aliphatic carbocycles. The van der Waals surface area contributed by atoms with Crippen molar-refractivity contribution < 1.29 is 13.2 Å². The summed E-state index contributed by atoms with van der Waals surface area (Å²) in [5.41, 5.74) is 0.859. The second-order valence-corrected chi connectivity index (χ2v) is 10.2. The number of benzene rings is 1. The van der Waals surface area contributed by atoms with Crippen LogP contribution in [0.2, 0.25) is 0 Å². The van der Waals surface area contributed by atoms with E-state index in [1.807, 2.05) is 0 Å². The summed E-state index contributed by atoms with van der Waals surface area (Å²) in [5, 5.41) is 2.10. The number of carbonyl (C=O) groups is 1. The molecule has 0 heterocycles. The van der Waals surface area contributed by atoms with Gasteiger partial charge in [0.15, 0.2) is 0 Å². The molecule has 0 spiro atoms. The third kappa shape index (κ3) is 11.2. The average Bonchev–Trinajstić information content (AvgIpc) is 2.72. The van der Waals surface area contributed by atoms with Crippen LogP contribution in [0.3, 0.4) is 0 Å². The molecule has 0 saturated heterocycles. The Morgan fingerprint density at radius 2 is 1.40 bits per heavy atom. The number of amides is 1. The number of anilines is 2. The lowest BCUT2D eigenvalue weighted by molar-refractivity contribution is -0.105. The van der Waals surface area contributed by atoms with Crippen LogP contribution < -0.4 is 10.0 Å². The van der Waals surface area contributed by atoms with Crippen molar-refractivity contribution in [3.63, 3.8) is 0 Å². The maximum atomic E-state index is 13.1. The number of carbonyl (C=O) groups excluding carboxylic acids is 1. The quantitative estimate of drug-likeness (QED) is 0.138. The van der Waals surface area contributed by atoms with Crippen LogP contribution in [-0.2, 0) is 14.8 Å². The molecular formula is C23H39ClN2O3S. The van der Waals surface area contributed by atoms with Crippen molar-refractivity contribution in [3.8, 4) is 0 Å². The van der Waals surface area contributed by atoms with Crippen LogP contribution in [-0.4, -0.2) is 26.0 Å². The lowest BCUT2D eigenvalue weighted by atomic mass is 10.0. The van der Waals surface area contributed by atoms with Crippen LogP contribution in [0.1, 0.15) is 90.4 Å². The van der Waals surface area contributed by atoms with Gasteiger partial charge in [-0.05, 0) is 31.4 Å². The molecule has 1 rings (SSSR count). The van der Waals surface area contributed by atoms with Gasteiger partial charge < -0.3 is 5.32 Å². The Balaban J connectivity index is 2.57. The number of hydrogen-bond donors (Lipinski definition) is 2. The summed E-state index contributed by atoms with van der Waals surface area (Å²) in [6.07, 6.45) is 14.3. The SMILES string of the molecule is CCCCCCCCCCCC(CCCCCl)S(=O)(=O)Nc1ccccc1NC=O. The van der Waals surface area contributed by atoms with Crippen molar-refractivity contribution in [1.29, 1.82) is 0 Å². The van der Waals surface area contributed by atoms with Gasteiger partial charge in [0.05, 0.1) is 16.6 Å². The van der Waals surface area contributed by atoms with Crippen LogP contribution in [0, 0.1) is 0 Å². The predicted molar refractivity (Wildman–Crippen MR) is 129 cm³/mol. The van der Waals surface area contributed by atoms with Gasteiger partial charge in [-0.15, -0.1) is 11.6 Å². The second-order valence-electron chi connectivity index (χ2n) is 7.88. The first-order valence-electron chi connectivity index (χ1n) is 11.4. The van der Waals surface area contributed by atoms with Crippen molar-refractivity contribution in [3.05, 3.63) is 24.3 Å². The number of halogens is 1. The van der Waals surface area contributed by atoms with E-state index in [1.165, 1.54) is 44.9 Å². The van der Waals surface area contributed by atoms with E-state index in [1.54, 1.807) is 24.3 Å². The zero-order valence-corrected chi connectivity index (χ0v) is 19.9. The van der Waals surface area contributed by atoms with Gasteiger partial charge in [0.1, 0.15) is 0 Å². The van der Waals surface area contributed by atoms with E-state index in [9.17, 15) is 13.2 Å². The molecule has 0 bridgehead atoms. The molecule has 1 atom stereocenters. The van der Waals surface area contributed by atoms with Gasteiger partial charge in [-0.1, -0.05) is 83.3 Å². The first-order chi connectivity index (χ1) is 14.5. The Hall–Kier alpha value is -1.27. The third-order valence-corrected chi connectivity index (χ3v) is 7.49. The number of sulfonamides is 1.